The molecule has 0 aliphatic carbocycles. The van der Waals surface area contributed by atoms with Crippen LogP contribution in [-0.4, -0.2) is 36.0 Å². The van der Waals surface area contributed by atoms with Crippen LogP contribution in [0.3, 0.4) is 0 Å². The minimum Gasteiger partial charge on any atom is -0.353 e. The van der Waals surface area contributed by atoms with Gasteiger partial charge in [-0.15, -0.1) is 0 Å². The van der Waals surface area contributed by atoms with E-state index in [2.05, 4.69) is 5.32 Å². The number of hydrogen-bond donors (Lipinski definition) is 1. The number of halogens is 1. The van der Waals surface area contributed by atoms with Gasteiger partial charge in [-0.25, -0.2) is 4.39 Å². The van der Waals surface area contributed by atoms with Crippen molar-refractivity contribution in [3.8, 4) is 0 Å². The Morgan fingerprint density at radius 1 is 1.29 bits per heavy atom. The molecule has 1 aromatic carbocycles. The first-order valence-electron chi connectivity index (χ1n) is 6.88. The van der Waals surface area contributed by atoms with Crippen molar-refractivity contribution >= 4 is 5.91 Å². The van der Waals surface area contributed by atoms with Crippen molar-refractivity contribution in [2.45, 2.75) is 12.6 Å². The van der Waals surface area contributed by atoms with Crippen LogP contribution in [-0.2, 0) is 11.3 Å². The Balaban J connectivity index is 1.99. The summed E-state index contributed by atoms with van der Waals surface area (Å²) >= 11 is 0. The SMILES string of the molecule is CN(C)[C@H](C(=O)NCCn1cccc1)c1cccc(F)c1. The Kier molecular flexibility index (Phi) is 5.11. The van der Waals surface area contributed by atoms with Gasteiger partial charge in [0.1, 0.15) is 11.9 Å². The summed E-state index contributed by atoms with van der Waals surface area (Å²) in [6.45, 7) is 1.25. The highest BCUT2D eigenvalue weighted by molar-refractivity contribution is 5.83. The maximum Gasteiger partial charge on any atom is 0.242 e. The van der Waals surface area contributed by atoms with Crippen LogP contribution in [0.4, 0.5) is 4.39 Å². The molecule has 0 radical (unpaired) electrons. The molecular weight excluding hydrogens is 269 g/mol. The fraction of sp³-hybridized carbons (Fsp3) is 0.312. The van der Waals surface area contributed by atoms with Crippen LogP contribution in [0.5, 0.6) is 0 Å². The van der Waals surface area contributed by atoms with E-state index in [1.807, 2.05) is 29.1 Å². The van der Waals surface area contributed by atoms with Gasteiger partial charge >= 0.3 is 0 Å². The van der Waals surface area contributed by atoms with E-state index in [0.717, 1.165) is 0 Å². The zero-order valence-corrected chi connectivity index (χ0v) is 12.3. The Hall–Kier alpha value is -2.14. The van der Waals surface area contributed by atoms with Gasteiger partial charge in [0.25, 0.3) is 0 Å². The Bertz CT molecular complexity index is 581. The largest absolute Gasteiger partial charge is 0.353 e. The van der Waals surface area contributed by atoms with Crippen LogP contribution < -0.4 is 5.32 Å². The van der Waals surface area contributed by atoms with Gasteiger partial charge in [0.05, 0.1) is 0 Å². The number of carbonyl (C=O) groups is 1. The standard InChI is InChI=1S/C16H20FN3O/c1-19(2)15(13-6-5-7-14(17)12-13)16(21)18-8-11-20-9-3-4-10-20/h3-7,9-10,12,15H,8,11H2,1-2H3,(H,18,21)/t15-/m0/s1. The third-order valence-electron chi connectivity index (χ3n) is 3.26. The van der Waals surface area contributed by atoms with E-state index in [4.69, 9.17) is 0 Å². The van der Waals surface area contributed by atoms with Gasteiger partial charge < -0.3 is 9.88 Å². The molecule has 21 heavy (non-hydrogen) atoms. The molecule has 0 bridgehead atoms. The van der Waals surface area contributed by atoms with Crippen molar-refractivity contribution < 1.29 is 9.18 Å². The summed E-state index contributed by atoms with van der Waals surface area (Å²) in [7, 11) is 3.61. The van der Waals surface area contributed by atoms with Crippen molar-refractivity contribution in [3.05, 3.63) is 60.2 Å². The second-order valence-corrected chi connectivity index (χ2v) is 5.13. The third-order valence-corrected chi connectivity index (χ3v) is 3.26. The second-order valence-electron chi connectivity index (χ2n) is 5.13. The molecule has 2 aromatic rings. The van der Waals surface area contributed by atoms with Crippen LogP contribution >= 0.6 is 0 Å². The van der Waals surface area contributed by atoms with Gasteiger partial charge in [-0.2, -0.15) is 0 Å². The Morgan fingerprint density at radius 3 is 2.62 bits per heavy atom. The first-order valence-corrected chi connectivity index (χ1v) is 6.88. The lowest BCUT2D eigenvalue weighted by Gasteiger charge is -2.24. The molecule has 1 aromatic heterocycles. The average Bonchev–Trinajstić information content (AvgIpc) is 2.91. The van der Waals surface area contributed by atoms with Crippen LogP contribution in [0.2, 0.25) is 0 Å². The molecule has 0 saturated carbocycles. The predicted octanol–water partition coefficient (Wildman–Crippen LogP) is 2.05. The molecule has 112 valence electrons. The fourth-order valence-electron chi connectivity index (χ4n) is 2.28. The van der Waals surface area contributed by atoms with E-state index in [0.29, 0.717) is 18.7 Å². The molecule has 2 rings (SSSR count). The number of carbonyl (C=O) groups excluding carboxylic acids is 1. The van der Waals surface area contributed by atoms with E-state index in [9.17, 15) is 9.18 Å². The summed E-state index contributed by atoms with van der Waals surface area (Å²) in [5, 5.41) is 2.90. The number of aromatic nitrogens is 1. The zero-order chi connectivity index (χ0) is 15.2. The predicted molar refractivity (Wildman–Crippen MR) is 80.3 cm³/mol. The quantitative estimate of drug-likeness (QED) is 0.883. The number of rotatable bonds is 6. The zero-order valence-electron chi connectivity index (χ0n) is 12.3. The number of nitrogens with zero attached hydrogens (tertiary/aromatic N) is 2. The number of likely N-dealkylation sites (N-methyl/N-ethyl adjacent to an activating group) is 1. The third kappa shape index (κ3) is 4.16. The van der Waals surface area contributed by atoms with Crippen molar-refractivity contribution in [2.75, 3.05) is 20.6 Å². The first kappa shape index (κ1) is 15.3. The number of nitrogens with one attached hydrogen (secondary N) is 1. The minimum absolute atomic E-state index is 0.127. The molecule has 4 nitrogen and oxygen atoms in total. The highest BCUT2D eigenvalue weighted by atomic mass is 19.1. The van der Waals surface area contributed by atoms with Gasteiger partial charge in [-0.05, 0) is 43.9 Å². The molecule has 0 aliphatic heterocycles. The van der Waals surface area contributed by atoms with E-state index in [1.165, 1.54) is 12.1 Å². The molecule has 1 atom stereocenters. The van der Waals surface area contributed by atoms with Crippen LogP contribution in [0.25, 0.3) is 0 Å². The molecule has 0 spiro atoms. The molecule has 1 heterocycles. The van der Waals surface area contributed by atoms with E-state index >= 15 is 0 Å². The fourth-order valence-corrected chi connectivity index (χ4v) is 2.28. The molecular formula is C16H20FN3O. The Labute approximate surface area is 124 Å². The second kappa shape index (κ2) is 7.04. The smallest absolute Gasteiger partial charge is 0.242 e. The van der Waals surface area contributed by atoms with Gasteiger partial charge in [-0.1, -0.05) is 12.1 Å². The van der Waals surface area contributed by atoms with Crippen molar-refractivity contribution in [1.29, 1.82) is 0 Å². The van der Waals surface area contributed by atoms with E-state index in [-0.39, 0.29) is 11.7 Å². The highest BCUT2D eigenvalue weighted by Crippen LogP contribution is 2.19. The van der Waals surface area contributed by atoms with E-state index in [1.54, 1.807) is 31.1 Å². The van der Waals surface area contributed by atoms with Gasteiger partial charge in [0, 0.05) is 25.5 Å². The first-order chi connectivity index (χ1) is 10.1. The monoisotopic (exact) mass is 289 g/mol. The normalized spacial score (nSPS) is 12.4. The molecule has 5 heteroatoms. The maximum atomic E-state index is 13.3. The topological polar surface area (TPSA) is 37.3 Å². The maximum absolute atomic E-state index is 13.3. The highest BCUT2D eigenvalue weighted by Gasteiger charge is 2.22. The van der Waals surface area contributed by atoms with Crippen LogP contribution in [0.15, 0.2) is 48.8 Å². The molecule has 0 saturated heterocycles. The summed E-state index contributed by atoms with van der Waals surface area (Å²) < 4.78 is 15.3. The summed E-state index contributed by atoms with van der Waals surface area (Å²) in [6, 6.07) is 9.54. The minimum atomic E-state index is -0.495. The lowest BCUT2D eigenvalue weighted by Crippen LogP contribution is -2.38. The van der Waals surface area contributed by atoms with Gasteiger partial charge in [-0.3, -0.25) is 9.69 Å². The molecule has 0 aliphatic rings. The summed E-state index contributed by atoms with van der Waals surface area (Å²) in [5.74, 6) is -0.461. The summed E-state index contributed by atoms with van der Waals surface area (Å²) in [6.07, 6.45) is 3.89. The van der Waals surface area contributed by atoms with Crippen LogP contribution in [0, 0.1) is 5.82 Å². The molecule has 1 amide bonds. The molecule has 0 fully saturated rings. The number of benzene rings is 1. The van der Waals surface area contributed by atoms with Crippen LogP contribution in [0.1, 0.15) is 11.6 Å². The molecule has 1 N–H and O–H groups in total. The lowest BCUT2D eigenvalue weighted by molar-refractivity contribution is -0.125. The molecule has 0 unspecified atom stereocenters. The lowest BCUT2D eigenvalue weighted by atomic mass is 10.1. The van der Waals surface area contributed by atoms with Crippen molar-refractivity contribution in [3.63, 3.8) is 0 Å². The van der Waals surface area contributed by atoms with E-state index < -0.39 is 6.04 Å². The van der Waals surface area contributed by atoms with Crippen molar-refractivity contribution in [2.24, 2.45) is 0 Å². The number of hydrogen-bond acceptors (Lipinski definition) is 2. The number of amides is 1. The van der Waals surface area contributed by atoms with Gasteiger partial charge in [0.15, 0.2) is 0 Å². The summed E-state index contributed by atoms with van der Waals surface area (Å²) in [5.41, 5.74) is 0.651. The van der Waals surface area contributed by atoms with Crippen molar-refractivity contribution in [1.82, 2.24) is 14.8 Å². The Morgan fingerprint density at radius 2 is 2.00 bits per heavy atom. The average molecular weight is 289 g/mol. The summed E-state index contributed by atoms with van der Waals surface area (Å²) in [4.78, 5) is 14.1. The van der Waals surface area contributed by atoms with Gasteiger partial charge in [0.2, 0.25) is 5.91 Å².